The van der Waals surface area contributed by atoms with Gasteiger partial charge in [-0.05, 0) is 24.6 Å². The Hall–Kier alpha value is -0.600. The lowest BCUT2D eigenvalue weighted by Gasteiger charge is -2.01. The van der Waals surface area contributed by atoms with Gasteiger partial charge in [-0.2, -0.15) is 0 Å². The fourth-order valence-electron chi connectivity index (χ4n) is 0.998. The Bertz CT molecular complexity index is 326. The summed E-state index contributed by atoms with van der Waals surface area (Å²) in [6.45, 7) is 1.45. The summed E-state index contributed by atoms with van der Waals surface area (Å²) in [6, 6.07) is 2.81. The Kier molecular flexibility index (Phi) is 3.28. The first-order valence-corrected chi connectivity index (χ1v) is 4.39. The van der Waals surface area contributed by atoms with E-state index in [0.29, 0.717) is 5.56 Å². The number of hydrogen-bond donors (Lipinski definition) is 0. The molecule has 0 radical (unpaired) electrons. The van der Waals surface area contributed by atoms with Crippen LogP contribution in [-0.4, -0.2) is 5.78 Å². The molecule has 0 amide bonds. The molecule has 0 spiro atoms. The van der Waals surface area contributed by atoms with E-state index in [2.05, 4.69) is 0 Å². The first-order valence-electron chi connectivity index (χ1n) is 3.63. The maximum Gasteiger partial charge on any atom is 0.160 e. The molecule has 0 N–H and O–H groups in total. The molecular formula is C9H7Cl2FO. The first-order chi connectivity index (χ1) is 6.00. The minimum absolute atomic E-state index is 0.0151. The molecule has 4 heteroatoms. The Morgan fingerprint density at radius 1 is 1.38 bits per heavy atom. The second-order valence-electron chi connectivity index (χ2n) is 2.75. The summed E-state index contributed by atoms with van der Waals surface area (Å²) in [5, 5.41) is -0.104. The molecule has 0 aliphatic rings. The van der Waals surface area contributed by atoms with Crippen LogP contribution in [0.25, 0.3) is 0 Å². The summed E-state index contributed by atoms with van der Waals surface area (Å²) in [5.74, 6) is -0.658. The van der Waals surface area contributed by atoms with E-state index in [4.69, 9.17) is 23.2 Å². The minimum atomic E-state index is -0.643. The van der Waals surface area contributed by atoms with E-state index in [1.54, 1.807) is 0 Å². The van der Waals surface area contributed by atoms with Crippen molar-refractivity contribution in [2.75, 3.05) is 0 Å². The monoisotopic (exact) mass is 220 g/mol. The fraction of sp³-hybridized carbons (Fsp3) is 0.222. The van der Waals surface area contributed by atoms with E-state index in [1.807, 2.05) is 0 Å². The Labute approximate surface area is 85.5 Å². The third-order valence-corrected chi connectivity index (χ3v) is 2.05. The van der Waals surface area contributed by atoms with Crippen LogP contribution in [0.15, 0.2) is 12.1 Å². The lowest BCUT2D eigenvalue weighted by molar-refractivity contribution is -0.116. The van der Waals surface area contributed by atoms with Gasteiger partial charge in [-0.25, -0.2) is 4.39 Å². The zero-order chi connectivity index (χ0) is 10.0. The SMILES string of the molecule is CC(=O)Cc1cc(Cl)c(F)c(Cl)c1. The number of carbonyl (C=O) groups excluding carboxylic acids is 1. The summed E-state index contributed by atoms with van der Waals surface area (Å²) in [5.41, 5.74) is 0.629. The molecule has 0 atom stereocenters. The molecule has 1 rings (SSSR count). The van der Waals surface area contributed by atoms with E-state index >= 15 is 0 Å². The van der Waals surface area contributed by atoms with Crippen molar-refractivity contribution >= 4 is 29.0 Å². The molecule has 0 aromatic heterocycles. The van der Waals surface area contributed by atoms with Gasteiger partial charge in [0.15, 0.2) is 5.82 Å². The number of benzene rings is 1. The summed E-state index contributed by atoms with van der Waals surface area (Å²) in [4.78, 5) is 10.7. The summed E-state index contributed by atoms with van der Waals surface area (Å²) >= 11 is 11.1. The third-order valence-electron chi connectivity index (χ3n) is 1.50. The van der Waals surface area contributed by atoms with Gasteiger partial charge in [-0.1, -0.05) is 23.2 Å². The van der Waals surface area contributed by atoms with E-state index in [-0.39, 0.29) is 22.2 Å². The largest absolute Gasteiger partial charge is 0.300 e. The molecule has 0 bridgehead atoms. The molecule has 1 aromatic carbocycles. The topological polar surface area (TPSA) is 17.1 Å². The molecule has 0 heterocycles. The van der Waals surface area contributed by atoms with Crippen LogP contribution in [0.2, 0.25) is 10.0 Å². The molecule has 0 fully saturated rings. The van der Waals surface area contributed by atoms with Crippen LogP contribution in [0, 0.1) is 5.82 Å². The average Bonchev–Trinajstić information content (AvgIpc) is 1.98. The van der Waals surface area contributed by atoms with Crippen LogP contribution in [-0.2, 0) is 11.2 Å². The van der Waals surface area contributed by atoms with Crippen LogP contribution in [0.3, 0.4) is 0 Å². The van der Waals surface area contributed by atoms with E-state index < -0.39 is 5.82 Å². The van der Waals surface area contributed by atoms with Crippen molar-refractivity contribution in [1.82, 2.24) is 0 Å². The molecule has 0 saturated heterocycles. The highest BCUT2D eigenvalue weighted by atomic mass is 35.5. The highest BCUT2D eigenvalue weighted by Gasteiger charge is 2.08. The van der Waals surface area contributed by atoms with Gasteiger partial charge in [-0.15, -0.1) is 0 Å². The van der Waals surface area contributed by atoms with Crippen LogP contribution < -0.4 is 0 Å². The quantitative estimate of drug-likeness (QED) is 0.700. The van der Waals surface area contributed by atoms with Gasteiger partial charge in [0, 0.05) is 6.42 Å². The number of halogens is 3. The number of rotatable bonds is 2. The zero-order valence-electron chi connectivity index (χ0n) is 6.90. The maximum atomic E-state index is 12.9. The van der Waals surface area contributed by atoms with Crippen molar-refractivity contribution in [2.24, 2.45) is 0 Å². The van der Waals surface area contributed by atoms with Crippen molar-refractivity contribution in [3.63, 3.8) is 0 Å². The van der Waals surface area contributed by atoms with Crippen LogP contribution in [0.1, 0.15) is 12.5 Å². The Balaban J connectivity index is 3.06. The van der Waals surface area contributed by atoms with Crippen LogP contribution >= 0.6 is 23.2 Å². The van der Waals surface area contributed by atoms with Gasteiger partial charge in [0.2, 0.25) is 0 Å². The second-order valence-corrected chi connectivity index (χ2v) is 3.57. The van der Waals surface area contributed by atoms with Gasteiger partial charge < -0.3 is 0 Å². The van der Waals surface area contributed by atoms with Crippen molar-refractivity contribution in [1.29, 1.82) is 0 Å². The Morgan fingerprint density at radius 3 is 2.23 bits per heavy atom. The number of hydrogen-bond acceptors (Lipinski definition) is 1. The van der Waals surface area contributed by atoms with Gasteiger partial charge in [-0.3, -0.25) is 4.79 Å². The molecule has 1 aromatic rings. The standard InChI is InChI=1S/C9H7Cl2FO/c1-5(13)2-6-3-7(10)9(12)8(11)4-6/h3-4H,2H2,1H3. The second kappa shape index (κ2) is 4.07. The smallest absolute Gasteiger partial charge is 0.160 e. The van der Waals surface area contributed by atoms with Crippen molar-refractivity contribution in [3.8, 4) is 0 Å². The molecule has 0 aliphatic heterocycles. The molecule has 13 heavy (non-hydrogen) atoms. The predicted octanol–water partition coefficient (Wildman–Crippen LogP) is 3.26. The zero-order valence-corrected chi connectivity index (χ0v) is 8.42. The normalized spacial score (nSPS) is 10.2. The number of Topliss-reactive ketones (excluding diaryl/α,β-unsaturated/α-hetero) is 1. The minimum Gasteiger partial charge on any atom is -0.300 e. The van der Waals surface area contributed by atoms with Gasteiger partial charge >= 0.3 is 0 Å². The maximum absolute atomic E-state index is 12.9. The average molecular weight is 221 g/mol. The highest BCUT2D eigenvalue weighted by Crippen LogP contribution is 2.24. The third kappa shape index (κ3) is 2.68. The fourth-order valence-corrected chi connectivity index (χ4v) is 1.53. The number of carbonyl (C=O) groups is 1. The first kappa shape index (κ1) is 10.5. The molecular weight excluding hydrogens is 214 g/mol. The van der Waals surface area contributed by atoms with Gasteiger partial charge in [0.1, 0.15) is 5.78 Å². The van der Waals surface area contributed by atoms with Crippen molar-refractivity contribution < 1.29 is 9.18 Å². The number of ketones is 1. The Morgan fingerprint density at radius 2 is 1.85 bits per heavy atom. The van der Waals surface area contributed by atoms with Crippen molar-refractivity contribution in [3.05, 3.63) is 33.6 Å². The predicted molar refractivity (Wildman–Crippen MR) is 50.8 cm³/mol. The molecule has 1 nitrogen and oxygen atoms in total. The lowest BCUT2D eigenvalue weighted by Crippen LogP contribution is -1.97. The molecule has 0 saturated carbocycles. The van der Waals surface area contributed by atoms with Gasteiger partial charge in [0.05, 0.1) is 10.0 Å². The van der Waals surface area contributed by atoms with E-state index in [0.717, 1.165) is 0 Å². The van der Waals surface area contributed by atoms with Crippen LogP contribution in [0.5, 0.6) is 0 Å². The molecule has 0 aliphatic carbocycles. The molecule has 70 valence electrons. The van der Waals surface area contributed by atoms with E-state index in [9.17, 15) is 9.18 Å². The summed E-state index contributed by atoms with van der Waals surface area (Å²) in [7, 11) is 0. The summed E-state index contributed by atoms with van der Waals surface area (Å²) < 4.78 is 12.9. The van der Waals surface area contributed by atoms with E-state index in [1.165, 1.54) is 19.1 Å². The highest BCUT2D eigenvalue weighted by molar-refractivity contribution is 6.35. The van der Waals surface area contributed by atoms with Crippen LogP contribution in [0.4, 0.5) is 4.39 Å². The van der Waals surface area contributed by atoms with Gasteiger partial charge in [0.25, 0.3) is 0 Å². The molecule has 0 unspecified atom stereocenters. The lowest BCUT2D eigenvalue weighted by atomic mass is 10.1. The summed E-state index contributed by atoms with van der Waals surface area (Å²) in [6.07, 6.45) is 0.222. The van der Waals surface area contributed by atoms with Crippen molar-refractivity contribution in [2.45, 2.75) is 13.3 Å².